The minimum Gasteiger partial charge on any atom is -0.307 e. The van der Waals surface area contributed by atoms with Crippen LogP contribution in [0.5, 0.6) is 0 Å². The topological polar surface area (TPSA) is 45.8 Å². The number of hydrogen-bond donors (Lipinski definition) is 1. The van der Waals surface area contributed by atoms with E-state index in [0.717, 1.165) is 0 Å². The number of hydrogen-bond acceptors (Lipinski definition) is 2. The van der Waals surface area contributed by atoms with Gasteiger partial charge in [-0.3, -0.25) is 4.79 Å². The van der Waals surface area contributed by atoms with Crippen molar-refractivity contribution < 1.29 is 4.39 Å². The van der Waals surface area contributed by atoms with Crippen molar-refractivity contribution in [2.24, 2.45) is 0 Å². The van der Waals surface area contributed by atoms with E-state index in [9.17, 15) is 9.18 Å². The van der Waals surface area contributed by atoms with Crippen LogP contribution in [0.3, 0.4) is 0 Å². The van der Waals surface area contributed by atoms with Gasteiger partial charge in [0.2, 0.25) is 0 Å². The Bertz CT molecular complexity index is 590. The lowest BCUT2D eigenvalue weighted by Crippen LogP contribution is -2.08. The van der Waals surface area contributed by atoms with E-state index in [1.165, 1.54) is 12.1 Å². The van der Waals surface area contributed by atoms with Gasteiger partial charge in [-0.05, 0) is 37.6 Å². The first-order valence-corrected chi connectivity index (χ1v) is 4.91. The Morgan fingerprint density at radius 2 is 2.00 bits per heavy atom. The van der Waals surface area contributed by atoms with E-state index >= 15 is 0 Å². The lowest BCUT2D eigenvalue weighted by atomic mass is 10.1. The van der Waals surface area contributed by atoms with Gasteiger partial charge in [0.15, 0.2) is 0 Å². The molecule has 0 spiro atoms. The van der Waals surface area contributed by atoms with E-state index in [2.05, 4.69) is 9.97 Å². The number of aromatic nitrogens is 2. The number of nitrogens with one attached hydrogen (secondary N) is 1. The van der Waals surface area contributed by atoms with E-state index < -0.39 is 0 Å². The average molecular weight is 218 g/mol. The smallest absolute Gasteiger partial charge is 0.251 e. The van der Waals surface area contributed by atoms with Crippen molar-refractivity contribution in [2.75, 3.05) is 0 Å². The van der Waals surface area contributed by atoms with Crippen LogP contribution in [-0.4, -0.2) is 9.97 Å². The molecular formula is C12H11FN2O. The fraction of sp³-hybridized carbons (Fsp3) is 0.167. The van der Waals surface area contributed by atoms with Gasteiger partial charge in [-0.25, -0.2) is 9.37 Å². The Kier molecular flexibility index (Phi) is 2.56. The van der Waals surface area contributed by atoms with Crippen LogP contribution >= 0.6 is 0 Å². The van der Waals surface area contributed by atoms with Crippen molar-refractivity contribution >= 4 is 0 Å². The standard InChI is InChI=1S/C12H11FN2O/c1-7-5-9(3-4-10(7)13)12-14-8(2)6-11(16)15-12/h3-6H,1-2H3,(H,14,15,16). The van der Waals surface area contributed by atoms with Crippen LogP contribution in [0.4, 0.5) is 4.39 Å². The molecule has 1 aromatic heterocycles. The summed E-state index contributed by atoms with van der Waals surface area (Å²) < 4.78 is 13.1. The molecule has 16 heavy (non-hydrogen) atoms. The Labute approximate surface area is 92.0 Å². The van der Waals surface area contributed by atoms with E-state index in [-0.39, 0.29) is 11.4 Å². The highest BCUT2D eigenvalue weighted by molar-refractivity contribution is 5.55. The Morgan fingerprint density at radius 3 is 2.62 bits per heavy atom. The highest BCUT2D eigenvalue weighted by Gasteiger charge is 2.04. The zero-order chi connectivity index (χ0) is 11.7. The highest BCUT2D eigenvalue weighted by Crippen LogP contribution is 2.17. The molecule has 82 valence electrons. The lowest BCUT2D eigenvalue weighted by molar-refractivity contribution is 0.618. The van der Waals surface area contributed by atoms with Crippen molar-refractivity contribution in [2.45, 2.75) is 13.8 Å². The normalized spacial score (nSPS) is 10.4. The maximum absolute atomic E-state index is 13.1. The molecule has 0 aliphatic rings. The van der Waals surface area contributed by atoms with Crippen LogP contribution in [0.15, 0.2) is 29.1 Å². The third kappa shape index (κ3) is 2.00. The number of H-pyrrole nitrogens is 1. The summed E-state index contributed by atoms with van der Waals surface area (Å²) in [6, 6.07) is 6.04. The second-order valence-electron chi connectivity index (χ2n) is 3.70. The summed E-state index contributed by atoms with van der Waals surface area (Å²) in [6.45, 7) is 3.42. The maximum atomic E-state index is 13.1. The summed E-state index contributed by atoms with van der Waals surface area (Å²) in [5.41, 5.74) is 1.67. The van der Waals surface area contributed by atoms with Gasteiger partial charge in [0.1, 0.15) is 11.6 Å². The number of benzene rings is 1. The number of rotatable bonds is 1. The second kappa shape index (κ2) is 3.89. The van der Waals surface area contributed by atoms with Gasteiger partial charge >= 0.3 is 0 Å². The first-order valence-electron chi connectivity index (χ1n) is 4.91. The molecule has 0 bridgehead atoms. The SMILES string of the molecule is Cc1cc(=O)[nH]c(-c2ccc(F)c(C)c2)n1. The zero-order valence-corrected chi connectivity index (χ0v) is 9.04. The van der Waals surface area contributed by atoms with Gasteiger partial charge in [0.05, 0.1) is 0 Å². The average Bonchev–Trinajstić information content (AvgIpc) is 2.20. The van der Waals surface area contributed by atoms with Crippen molar-refractivity contribution in [3.8, 4) is 11.4 Å². The first kappa shape index (κ1) is 10.5. The monoisotopic (exact) mass is 218 g/mol. The van der Waals surface area contributed by atoms with E-state index in [1.807, 2.05) is 0 Å². The van der Waals surface area contributed by atoms with Crippen molar-refractivity contribution in [1.82, 2.24) is 9.97 Å². The molecule has 1 heterocycles. The predicted molar refractivity (Wildman–Crippen MR) is 59.7 cm³/mol. The van der Waals surface area contributed by atoms with Crippen molar-refractivity contribution in [3.63, 3.8) is 0 Å². The summed E-state index contributed by atoms with van der Waals surface area (Å²) in [6.07, 6.45) is 0. The third-order valence-corrected chi connectivity index (χ3v) is 2.30. The fourth-order valence-corrected chi connectivity index (χ4v) is 1.51. The van der Waals surface area contributed by atoms with Gasteiger partial charge in [-0.1, -0.05) is 0 Å². The van der Waals surface area contributed by atoms with Crippen LogP contribution in [0.25, 0.3) is 11.4 Å². The van der Waals surface area contributed by atoms with Gasteiger partial charge in [0.25, 0.3) is 5.56 Å². The molecule has 0 aliphatic heterocycles. The first-order chi connectivity index (χ1) is 7.56. The molecule has 0 fully saturated rings. The molecule has 0 aliphatic carbocycles. The van der Waals surface area contributed by atoms with Gasteiger partial charge in [-0.15, -0.1) is 0 Å². The van der Waals surface area contributed by atoms with E-state index in [4.69, 9.17) is 0 Å². The molecule has 3 nitrogen and oxygen atoms in total. The zero-order valence-electron chi connectivity index (χ0n) is 9.04. The molecular weight excluding hydrogens is 207 g/mol. The fourth-order valence-electron chi connectivity index (χ4n) is 1.51. The highest BCUT2D eigenvalue weighted by atomic mass is 19.1. The molecule has 4 heteroatoms. The molecule has 0 radical (unpaired) electrons. The van der Waals surface area contributed by atoms with Crippen molar-refractivity contribution in [1.29, 1.82) is 0 Å². The van der Waals surface area contributed by atoms with Gasteiger partial charge in [-0.2, -0.15) is 0 Å². The van der Waals surface area contributed by atoms with Crippen LogP contribution in [-0.2, 0) is 0 Å². The van der Waals surface area contributed by atoms with Gasteiger partial charge < -0.3 is 4.98 Å². The Morgan fingerprint density at radius 1 is 1.25 bits per heavy atom. The van der Waals surface area contributed by atoms with E-state index in [1.54, 1.807) is 26.0 Å². The predicted octanol–water partition coefficient (Wildman–Crippen LogP) is 2.19. The molecule has 0 saturated heterocycles. The number of aryl methyl sites for hydroxylation is 2. The molecule has 0 atom stereocenters. The number of halogens is 1. The molecule has 0 unspecified atom stereocenters. The summed E-state index contributed by atoms with van der Waals surface area (Å²) in [5.74, 6) is 0.201. The van der Waals surface area contributed by atoms with E-state index in [0.29, 0.717) is 22.6 Å². The summed E-state index contributed by atoms with van der Waals surface area (Å²) in [5, 5.41) is 0. The summed E-state index contributed by atoms with van der Waals surface area (Å²) in [7, 11) is 0. The lowest BCUT2D eigenvalue weighted by Gasteiger charge is -2.03. The molecule has 0 amide bonds. The van der Waals surface area contributed by atoms with Crippen LogP contribution < -0.4 is 5.56 Å². The number of aromatic amines is 1. The van der Waals surface area contributed by atoms with Crippen LogP contribution in [0.2, 0.25) is 0 Å². The second-order valence-corrected chi connectivity index (χ2v) is 3.70. The van der Waals surface area contributed by atoms with Crippen LogP contribution in [0.1, 0.15) is 11.3 Å². The Hall–Kier alpha value is -1.97. The maximum Gasteiger partial charge on any atom is 0.251 e. The summed E-state index contributed by atoms with van der Waals surface area (Å²) >= 11 is 0. The van der Waals surface area contributed by atoms with Crippen molar-refractivity contribution in [3.05, 3.63) is 51.7 Å². The molecule has 1 aromatic carbocycles. The molecule has 2 rings (SSSR count). The minimum absolute atomic E-state index is 0.204. The quantitative estimate of drug-likeness (QED) is 0.797. The molecule has 1 N–H and O–H groups in total. The Balaban J connectivity index is 2.58. The minimum atomic E-state index is -0.265. The number of nitrogens with zero attached hydrogens (tertiary/aromatic N) is 1. The largest absolute Gasteiger partial charge is 0.307 e. The van der Waals surface area contributed by atoms with Gasteiger partial charge in [0, 0.05) is 17.3 Å². The molecule has 2 aromatic rings. The molecule has 0 saturated carbocycles. The summed E-state index contributed by atoms with van der Waals surface area (Å²) in [4.78, 5) is 18.1. The van der Waals surface area contributed by atoms with Crippen LogP contribution in [0, 0.1) is 19.7 Å². The third-order valence-electron chi connectivity index (χ3n) is 2.30.